The van der Waals surface area contributed by atoms with Crippen molar-refractivity contribution in [2.75, 3.05) is 13.1 Å². The lowest BCUT2D eigenvalue weighted by Crippen LogP contribution is -2.56. The van der Waals surface area contributed by atoms with Gasteiger partial charge in [-0.3, -0.25) is 0 Å². The fourth-order valence-electron chi connectivity index (χ4n) is 1.74. The summed E-state index contributed by atoms with van der Waals surface area (Å²) in [5.41, 5.74) is 0.541. The Morgan fingerprint density at radius 2 is 2.30 bits per heavy atom. The van der Waals surface area contributed by atoms with Crippen molar-refractivity contribution in [3.05, 3.63) is 0 Å². The molecule has 0 aromatic heterocycles. The summed E-state index contributed by atoms with van der Waals surface area (Å²) in [6, 6.07) is 0.733. The van der Waals surface area contributed by atoms with Crippen molar-refractivity contribution in [1.29, 1.82) is 0 Å². The molecule has 1 heterocycles. The van der Waals surface area contributed by atoms with Crippen LogP contribution in [0.3, 0.4) is 0 Å². The van der Waals surface area contributed by atoms with Gasteiger partial charge in [0.1, 0.15) is 0 Å². The lowest BCUT2D eigenvalue weighted by molar-refractivity contribution is 0.317. The van der Waals surface area contributed by atoms with Gasteiger partial charge in [-0.15, -0.1) is 0 Å². The molecule has 1 aliphatic heterocycles. The zero-order chi connectivity index (χ0) is 7.03. The van der Waals surface area contributed by atoms with E-state index in [0.717, 1.165) is 12.6 Å². The Balaban J connectivity index is 1.91. The highest BCUT2D eigenvalue weighted by molar-refractivity contribution is 5.07. The van der Waals surface area contributed by atoms with Crippen molar-refractivity contribution in [2.24, 2.45) is 0 Å². The summed E-state index contributed by atoms with van der Waals surface area (Å²) in [6.07, 6.45) is 4.03. The van der Waals surface area contributed by atoms with Crippen molar-refractivity contribution in [3.63, 3.8) is 0 Å². The van der Waals surface area contributed by atoms with Crippen LogP contribution in [-0.2, 0) is 0 Å². The highest BCUT2D eigenvalue weighted by Crippen LogP contribution is 2.36. The van der Waals surface area contributed by atoms with Crippen molar-refractivity contribution >= 4 is 0 Å². The van der Waals surface area contributed by atoms with Gasteiger partial charge in [-0.25, -0.2) is 0 Å². The van der Waals surface area contributed by atoms with E-state index >= 15 is 0 Å². The van der Waals surface area contributed by atoms with Crippen LogP contribution in [0.2, 0.25) is 0 Å². The molecule has 2 N–H and O–H groups in total. The standard InChI is InChI=1S/C8H16N2/c1-2-7-5-9-6-8(10-7)3-4-8/h7,9-10H,2-6H2,1H3. The summed E-state index contributed by atoms with van der Waals surface area (Å²) in [7, 11) is 0. The lowest BCUT2D eigenvalue weighted by Gasteiger charge is -2.31. The van der Waals surface area contributed by atoms with Gasteiger partial charge in [0, 0.05) is 24.7 Å². The van der Waals surface area contributed by atoms with Crippen LogP contribution in [0.4, 0.5) is 0 Å². The van der Waals surface area contributed by atoms with Gasteiger partial charge in [0.2, 0.25) is 0 Å². The van der Waals surface area contributed by atoms with Crippen LogP contribution in [0.25, 0.3) is 0 Å². The zero-order valence-corrected chi connectivity index (χ0v) is 6.61. The third-order valence-electron chi connectivity index (χ3n) is 2.71. The first-order valence-electron chi connectivity index (χ1n) is 4.33. The van der Waals surface area contributed by atoms with Crippen LogP contribution < -0.4 is 10.6 Å². The fraction of sp³-hybridized carbons (Fsp3) is 1.00. The highest BCUT2D eigenvalue weighted by atomic mass is 15.2. The third-order valence-corrected chi connectivity index (χ3v) is 2.71. The van der Waals surface area contributed by atoms with E-state index in [1.165, 1.54) is 25.8 Å². The van der Waals surface area contributed by atoms with E-state index in [0.29, 0.717) is 5.54 Å². The smallest absolute Gasteiger partial charge is 0.0310 e. The summed E-state index contributed by atoms with van der Waals surface area (Å²) in [5, 5.41) is 7.17. The topological polar surface area (TPSA) is 24.1 Å². The molecular formula is C8H16N2. The molecule has 1 aliphatic carbocycles. The molecule has 0 amide bonds. The fourth-order valence-corrected chi connectivity index (χ4v) is 1.74. The van der Waals surface area contributed by atoms with E-state index in [1.807, 2.05) is 0 Å². The molecule has 0 aromatic carbocycles. The third kappa shape index (κ3) is 1.06. The maximum absolute atomic E-state index is 3.69. The first kappa shape index (κ1) is 6.62. The van der Waals surface area contributed by atoms with Crippen LogP contribution >= 0.6 is 0 Å². The molecule has 1 spiro atoms. The van der Waals surface area contributed by atoms with Gasteiger partial charge in [-0.2, -0.15) is 0 Å². The summed E-state index contributed by atoms with van der Waals surface area (Å²) >= 11 is 0. The number of piperazine rings is 1. The van der Waals surface area contributed by atoms with Crippen LogP contribution in [0.1, 0.15) is 26.2 Å². The monoisotopic (exact) mass is 140 g/mol. The van der Waals surface area contributed by atoms with Crippen molar-refractivity contribution < 1.29 is 0 Å². The predicted octanol–water partition coefficient (Wildman–Crippen LogP) is 0.490. The second-order valence-electron chi connectivity index (χ2n) is 3.66. The highest BCUT2D eigenvalue weighted by Gasteiger charge is 2.45. The minimum atomic E-state index is 0.541. The van der Waals surface area contributed by atoms with Crippen LogP contribution in [0, 0.1) is 0 Å². The molecule has 0 aromatic rings. The maximum Gasteiger partial charge on any atom is 0.0310 e. The van der Waals surface area contributed by atoms with Gasteiger partial charge in [0.15, 0.2) is 0 Å². The van der Waals surface area contributed by atoms with Crippen LogP contribution in [0.15, 0.2) is 0 Å². The van der Waals surface area contributed by atoms with E-state index in [-0.39, 0.29) is 0 Å². The molecule has 1 atom stereocenters. The summed E-state index contributed by atoms with van der Waals surface area (Å²) < 4.78 is 0. The minimum absolute atomic E-state index is 0.541. The SMILES string of the molecule is CCC1CNCC2(CC2)N1. The average Bonchev–Trinajstić information content (AvgIpc) is 2.70. The Morgan fingerprint density at radius 3 is 2.90 bits per heavy atom. The molecule has 2 heteroatoms. The Morgan fingerprint density at radius 1 is 1.50 bits per heavy atom. The first-order valence-corrected chi connectivity index (χ1v) is 4.33. The van der Waals surface area contributed by atoms with Gasteiger partial charge >= 0.3 is 0 Å². The molecule has 0 radical (unpaired) electrons. The molecular weight excluding hydrogens is 124 g/mol. The number of nitrogens with one attached hydrogen (secondary N) is 2. The molecule has 0 bridgehead atoms. The summed E-state index contributed by atoms with van der Waals surface area (Å²) in [4.78, 5) is 0. The van der Waals surface area contributed by atoms with E-state index in [9.17, 15) is 0 Å². The lowest BCUT2D eigenvalue weighted by atomic mass is 10.1. The molecule has 1 saturated carbocycles. The second kappa shape index (κ2) is 2.21. The van der Waals surface area contributed by atoms with Crippen LogP contribution in [-0.4, -0.2) is 24.7 Å². The minimum Gasteiger partial charge on any atom is -0.313 e. The van der Waals surface area contributed by atoms with E-state index in [4.69, 9.17) is 0 Å². The molecule has 2 rings (SSSR count). The Hall–Kier alpha value is -0.0800. The number of hydrogen-bond donors (Lipinski definition) is 2. The maximum atomic E-state index is 3.69. The van der Waals surface area contributed by atoms with E-state index in [1.54, 1.807) is 0 Å². The van der Waals surface area contributed by atoms with Crippen molar-refractivity contribution in [2.45, 2.75) is 37.8 Å². The molecule has 10 heavy (non-hydrogen) atoms. The molecule has 1 saturated heterocycles. The van der Waals surface area contributed by atoms with E-state index < -0.39 is 0 Å². The molecule has 1 unspecified atom stereocenters. The zero-order valence-electron chi connectivity index (χ0n) is 6.61. The molecule has 2 nitrogen and oxygen atoms in total. The van der Waals surface area contributed by atoms with Gasteiger partial charge in [-0.1, -0.05) is 6.92 Å². The van der Waals surface area contributed by atoms with Gasteiger partial charge in [-0.05, 0) is 19.3 Å². The Labute approximate surface area is 62.4 Å². The summed E-state index contributed by atoms with van der Waals surface area (Å²) in [5.74, 6) is 0. The van der Waals surface area contributed by atoms with Crippen molar-refractivity contribution in [3.8, 4) is 0 Å². The Bertz CT molecular complexity index is 129. The molecule has 58 valence electrons. The first-order chi connectivity index (χ1) is 4.85. The van der Waals surface area contributed by atoms with Gasteiger partial charge in [0.05, 0.1) is 0 Å². The average molecular weight is 140 g/mol. The van der Waals surface area contributed by atoms with Gasteiger partial charge < -0.3 is 10.6 Å². The number of hydrogen-bond acceptors (Lipinski definition) is 2. The van der Waals surface area contributed by atoms with Crippen molar-refractivity contribution in [1.82, 2.24) is 10.6 Å². The number of rotatable bonds is 1. The second-order valence-corrected chi connectivity index (χ2v) is 3.66. The van der Waals surface area contributed by atoms with Crippen LogP contribution in [0.5, 0.6) is 0 Å². The van der Waals surface area contributed by atoms with Gasteiger partial charge in [0.25, 0.3) is 0 Å². The Kier molecular flexibility index (Phi) is 1.46. The largest absolute Gasteiger partial charge is 0.313 e. The predicted molar refractivity (Wildman–Crippen MR) is 42.0 cm³/mol. The molecule has 2 aliphatic rings. The quantitative estimate of drug-likeness (QED) is 0.554. The normalized spacial score (nSPS) is 36.3. The summed E-state index contributed by atoms with van der Waals surface area (Å²) in [6.45, 7) is 4.61. The molecule has 2 fully saturated rings. The van der Waals surface area contributed by atoms with E-state index in [2.05, 4.69) is 17.6 Å².